The number of aliphatic hydroxyl groups excluding tert-OH is 1. The van der Waals surface area contributed by atoms with Crippen LogP contribution in [0.5, 0.6) is 0 Å². The highest BCUT2D eigenvalue weighted by Crippen LogP contribution is 2.39. The second-order valence-corrected chi connectivity index (χ2v) is 14.0. The van der Waals surface area contributed by atoms with Crippen LogP contribution in [0.1, 0.15) is 159 Å². The van der Waals surface area contributed by atoms with Crippen molar-refractivity contribution in [3.05, 3.63) is 65.2 Å². The number of nitrogens with one attached hydrogen (secondary N) is 2. The maximum atomic E-state index is 12.7. The van der Waals surface area contributed by atoms with E-state index in [2.05, 4.69) is 24.1 Å². The number of anilines is 1. The van der Waals surface area contributed by atoms with Gasteiger partial charge in [0.25, 0.3) is 0 Å². The Labute approximate surface area is 301 Å². The van der Waals surface area contributed by atoms with E-state index in [9.17, 15) is 14.7 Å². The lowest BCUT2D eigenvalue weighted by atomic mass is 9.99. The molecule has 4 N–H and O–H groups in total. The second kappa shape index (κ2) is 25.2. The average Bonchev–Trinajstić information content (AvgIpc) is 3.14. The van der Waals surface area contributed by atoms with Gasteiger partial charge in [-0.2, -0.15) is 0 Å². The number of unbranched alkanes of at least 4 members (excludes halogenated alkanes) is 12. The number of carbonyl (C=O) groups excluding carboxylic acids is 2. The number of carbonyl (C=O) groups is 2. The summed E-state index contributed by atoms with van der Waals surface area (Å²) >= 11 is 0. The third kappa shape index (κ3) is 16.5. The van der Waals surface area contributed by atoms with Crippen LogP contribution >= 0.6 is 0 Å². The van der Waals surface area contributed by atoms with Gasteiger partial charge in [0.15, 0.2) is 6.29 Å². The van der Waals surface area contributed by atoms with Gasteiger partial charge in [-0.25, -0.2) is 5.48 Å². The van der Waals surface area contributed by atoms with Crippen LogP contribution in [-0.2, 0) is 25.7 Å². The maximum Gasteiger partial charge on any atom is 0.243 e. The zero-order chi connectivity index (χ0) is 35.8. The Morgan fingerprint density at radius 3 is 1.96 bits per heavy atom. The number of nitrogens with zero attached hydrogens (tertiary/aromatic N) is 1. The molecule has 2 amide bonds. The number of amides is 2. The lowest BCUT2D eigenvalue weighted by Crippen LogP contribution is -2.40. The molecule has 1 fully saturated rings. The quantitative estimate of drug-likeness (QED) is 0.0440. The molecule has 0 aromatic heterocycles. The van der Waals surface area contributed by atoms with Crippen molar-refractivity contribution in [2.45, 2.75) is 155 Å². The lowest BCUT2D eigenvalue weighted by Gasteiger charge is -2.38. The Morgan fingerprint density at radius 1 is 0.740 bits per heavy atom. The van der Waals surface area contributed by atoms with Crippen molar-refractivity contribution < 1.29 is 29.4 Å². The number of hydroxylamine groups is 1. The van der Waals surface area contributed by atoms with Crippen molar-refractivity contribution in [3.63, 3.8) is 0 Å². The Kier molecular flexibility index (Phi) is 21.0. The molecule has 3 atom stereocenters. The minimum Gasteiger partial charge on any atom is -0.392 e. The highest BCUT2D eigenvalue weighted by atomic mass is 16.7. The molecule has 2 aromatic carbocycles. The number of aliphatic hydroxyl groups is 1. The SMILES string of the molecule is CCCCCCCCN(CCCCCCCC)CC1CC(c2ccc(CO)cc2)OC(c2cccc(NC(=O)CCCCCC(=O)NO)c2)O1. The van der Waals surface area contributed by atoms with Crippen LogP contribution in [0.3, 0.4) is 0 Å². The highest BCUT2D eigenvalue weighted by Gasteiger charge is 2.33. The maximum absolute atomic E-state index is 12.7. The molecule has 0 spiro atoms. The van der Waals surface area contributed by atoms with Crippen LogP contribution in [0.2, 0.25) is 0 Å². The van der Waals surface area contributed by atoms with Gasteiger partial charge in [0.2, 0.25) is 11.8 Å². The number of hydrogen-bond acceptors (Lipinski definition) is 7. The van der Waals surface area contributed by atoms with E-state index in [4.69, 9.17) is 14.7 Å². The van der Waals surface area contributed by atoms with Gasteiger partial charge in [-0.3, -0.25) is 14.8 Å². The van der Waals surface area contributed by atoms with Gasteiger partial charge >= 0.3 is 0 Å². The molecular formula is C41H65N3O6. The third-order valence-corrected chi connectivity index (χ3v) is 9.61. The Balaban J connectivity index is 1.69. The first-order valence-corrected chi connectivity index (χ1v) is 19.5. The van der Waals surface area contributed by atoms with E-state index in [0.29, 0.717) is 24.9 Å². The predicted molar refractivity (Wildman–Crippen MR) is 200 cm³/mol. The fourth-order valence-electron chi connectivity index (χ4n) is 6.64. The molecule has 9 heteroatoms. The van der Waals surface area contributed by atoms with Gasteiger partial charge in [0.05, 0.1) is 18.8 Å². The van der Waals surface area contributed by atoms with Gasteiger partial charge in [0.1, 0.15) is 0 Å². The summed E-state index contributed by atoms with van der Waals surface area (Å²) in [6.07, 6.45) is 17.9. The average molecular weight is 696 g/mol. The van der Waals surface area contributed by atoms with Gasteiger partial charge < -0.3 is 24.8 Å². The van der Waals surface area contributed by atoms with E-state index in [0.717, 1.165) is 49.2 Å². The first-order chi connectivity index (χ1) is 24.4. The molecule has 1 aliphatic rings. The van der Waals surface area contributed by atoms with Crippen LogP contribution < -0.4 is 10.8 Å². The van der Waals surface area contributed by atoms with E-state index < -0.39 is 12.2 Å². The molecule has 1 heterocycles. The van der Waals surface area contributed by atoms with Gasteiger partial charge in [-0.1, -0.05) is 121 Å². The van der Waals surface area contributed by atoms with Crippen LogP contribution in [0.4, 0.5) is 5.69 Å². The van der Waals surface area contributed by atoms with E-state index in [-0.39, 0.29) is 31.1 Å². The van der Waals surface area contributed by atoms with Crippen LogP contribution in [0, 0.1) is 0 Å². The zero-order valence-electron chi connectivity index (χ0n) is 30.9. The Morgan fingerprint density at radius 2 is 1.34 bits per heavy atom. The number of benzene rings is 2. The summed E-state index contributed by atoms with van der Waals surface area (Å²) in [5.74, 6) is -0.493. The van der Waals surface area contributed by atoms with Crippen molar-refractivity contribution in [1.29, 1.82) is 0 Å². The molecule has 2 aromatic rings. The molecule has 0 aliphatic carbocycles. The predicted octanol–water partition coefficient (Wildman–Crippen LogP) is 9.14. The lowest BCUT2D eigenvalue weighted by molar-refractivity contribution is -0.253. The third-order valence-electron chi connectivity index (χ3n) is 9.61. The number of hydrogen-bond donors (Lipinski definition) is 4. The monoisotopic (exact) mass is 695 g/mol. The minimum absolute atomic E-state index is 0.00535. The summed E-state index contributed by atoms with van der Waals surface area (Å²) < 4.78 is 13.4. The first kappa shape index (κ1) is 41.6. The van der Waals surface area contributed by atoms with E-state index in [1.54, 1.807) is 5.48 Å². The Hall–Kier alpha value is -2.82. The van der Waals surface area contributed by atoms with Crippen molar-refractivity contribution in [2.75, 3.05) is 25.0 Å². The molecule has 280 valence electrons. The fourth-order valence-corrected chi connectivity index (χ4v) is 6.64. The van der Waals surface area contributed by atoms with E-state index in [1.807, 2.05) is 48.5 Å². The molecule has 3 rings (SSSR count). The summed E-state index contributed by atoms with van der Waals surface area (Å²) in [4.78, 5) is 26.5. The van der Waals surface area contributed by atoms with E-state index >= 15 is 0 Å². The first-order valence-electron chi connectivity index (χ1n) is 19.5. The molecule has 0 saturated carbocycles. The molecule has 0 radical (unpaired) electrons. The van der Waals surface area contributed by atoms with Gasteiger partial charge in [0, 0.05) is 37.1 Å². The fraction of sp³-hybridized carbons (Fsp3) is 0.659. The smallest absolute Gasteiger partial charge is 0.243 e. The molecule has 0 bridgehead atoms. The molecule has 3 unspecified atom stereocenters. The second-order valence-electron chi connectivity index (χ2n) is 14.0. The summed E-state index contributed by atoms with van der Waals surface area (Å²) in [7, 11) is 0. The number of ether oxygens (including phenoxy) is 2. The summed E-state index contributed by atoms with van der Waals surface area (Å²) in [6, 6.07) is 15.7. The van der Waals surface area contributed by atoms with Crippen LogP contribution in [0.25, 0.3) is 0 Å². The zero-order valence-corrected chi connectivity index (χ0v) is 30.9. The van der Waals surface area contributed by atoms with Crippen LogP contribution in [0.15, 0.2) is 48.5 Å². The van der Waals surface area contributed by atoms with Crippen molar-refractivity contribution >= 4 is 17.5 Å². The van der Waals surface area contributed by atoms with E-state index in [1.165, 1.54) is 77.0 Å². The molecular weight excluding hydrogens is 630 g/mol. The van der Waals surface area contributed by atoms with Crippen molar-refractivity contribution in [1.82, 2.24) is 10.4 Å². The van der Waals surface area contributed by atoms with Gasteiger partial charge in [-0.05, 0) is 62.0 Å². The highest BCUT2D eigenvalue weighted by molar-refractivity contribution is 5.90. The largest absolute Gasteiger partial charge is 0.392 e. The minimum atomic E-state index is -0.587. The standard InChI is InChI=1S/C41H65N3O6/c1-3-5-7-9-11-16-27-44(28-17-12-10-8-6-4-2)31-37-30-38(34-25-23-33(32-45)24-26-34)50-41(49-37)35-19-18-20-36(29-35)42-39(46)21-14-13-15-22-40(47)43-48/h18-20,23-26,29,37-38,41,45,48H,3-17,21-22,27-28,30-32H2,1-2H3,(H,42,46)(H,43,47). The van der Waals surface area contributed by atoms with Crippen molar-refractivity contribution in [3.8, 4) is 0 Å². The summed E-state index contributed by atoms with van der Waals surface area (Å²) in [5.41, 5.74) is 5.13. The Bertz CT molecular complexity index is 1190. The normalized spacial score (nSPS) is 17.6. The number of rotatable bonds is 26. The summed E-state index contributed by atoms with van der Waals surface area (Å²) in [5, 5.41) is 21.3. The molecule has 1 aliphatic heterocycles. The van der Waals surface area contributed by atoms with Crippen LogP contribution in [-0.4, -0.2) is 52.8 Å². The summed E-state index contributed by atoms with van der Waals surface area (Å²) in [6.45, 7) is 7.55. The molecule has 9 nitrogen and oxygen atoms in total. The topological polar surface area (TPSA) is 120 Å². The molecule has 50 heavy (non-hydrogen) atoms. The molecule has 1 saturated heterocycles. The van der Waals surface area contributed by atoms with Crippen molar-refractivity contribution in [2.24, 2.45) is 0 Å². The van der Waals surface area contributed by atoms with Gasteiger partial charge in [-0.15, -0.1) is 0 Å².